The van der Waals surface area contributed by atoms with Crippen LogP contribution in [0.5, 0.6) is 5.75 Å². The molecule has 5 aromatic rings. The summed E-state index contributed by atoms with van der Waals surface area (Å²) in [6.45, 7) is 0.470. The van der Waals surface area contributed by atoms with Crippen molar-refractivity contribution in [1.29, 1.82) is 0 Å². The number of carbonyl (C=O) groups excluding carboxylic acids is 1. The molecule has 0 bridgehead atoms. The number of hydrogen-bond donors (Lipinski definition) is 2. The van der Waals surface area contributed by atoms with Crippen molar-refractivity contribution in [2.45, 2.75) is 6.61 Å². The first-order chi connectivity index (χ1) is 16.7. The summed E-state index contributed by atoms with van der Waals surface area (Å²) in [4.78, 5) is 16.9. The molecule has 2 heterocycles. The first kappa shape index (κ1) is 21.0. The van der Waals surface area contributed by atoms with Crippen LogP contribution >= 0.6 is 0 Å². The van der Waals surface area contributed by atoms with Crippen LogP contribution in [0.2, 0.25) is 0 Å². The Balaban J connectivity index is 1.24. The van der Waals surface area contributed by atoms with Crippen molar-refractivity contribution < 1.29 is 13.9 Å². The smallest absolute Gasteiger partial charge is 0.277 e. The molecule has 5 rings (SSSR count). The lowest BCUT2D eigenvalue weighted by Gasteiger charge is -2.08. The molecule has 0 spiro atoms. The number of nitrogens with zero attached hydrogens (tertiary/aromatic N) is 3. The number of amides is 1. The zero-order chi connectivity index (χ0) is 23.3. The van der Waals surface area contributed by atoms with Crippen molar-refractivity contribution in [2.24, 2.45) is 0 Å². The van der Waals surface area contributed by atoms with E-state index >= 15 is 0 Å². The van der Waals surface area contributed by atoms with E-state index in [0.717, 1.165) is 11.3 Å². The number of para-hydroxylation sites is 1. The molecule has 0 saturated carbocycles. The lowest BCUT2D eigenvalue weighted by atomic mass is 10.2. The van der Waals surface area contributed by atoms with Gasteiger partial charge in [-0.25, -0.2) is 9.67 Å². The number of aromatic nitrogens is 3. The van der Waals surface area contributed by atoms with Crippen molar-refractivity contribution in [3.63, 3.8) is 0 Å². The lowest BCUT2D eigenvalue weighted by molar-refractivity contribution is 0.102. The molecule has 3 aromatic carbocycles. The van der Waals surface area contributed by atoms with Crippen molar-refractivity contribution in [1.82, 2.24) is 14.8 Å². The zero-order valence-electron chi connectivity index (χ0n) is 18.1. The van der Waals surface area contributed by atoms with Crippen molar-refractivity contribution in [3.05, 3.63) is 109 Å². The first-order valence-electron chi connectivity index (χ1n) is 10.6. The van der Waals surface area contributed by atoms with Crippen LogP contribution in [0, 0.1) is 0 Å². The Morgan fingerprint density at radius 1 is 0.971 bits per heavy atom. The van der Waals surface area contributed by atoms with Crippen molar-refractivity contribution >= 4 is 17.4 Å². The molecule has 0 atom stereocenters. The minimum absolute atomic E-state index is 0.131. The summed E-state index contributed by atoms with van der Waals surface area (Å²) in [5.41, 5.74) is 9.38. The third-order valence-electron chi connectivity index (χ3n) is 5.13. The zero-order valence-corrected chi connectivity index (χ0v) is 18.1. The Morgan fingerprint density at radius 3 is 2.41 bits per heavy atom. The van der Waals surface area contributed by atoms with E-state index in [1.807, 2.05) is 60.7 Å². The fraction of sp³-hybridized carbons (Fsp3) is 0.0385. The Hall–Kier alpha value is -4.85. The second-order valence-corrected chi connectivity index (χ2v) is 7.48. The Labute approximate surface area is 195 Å². The summed E-state index contributed by atoms with van der Waals surface area (Å²) < 4.78 is 12.9. The fourth-order valence-electron chi connectivity index (χ4n) is 3.37. The highest BCUT2D eigenvalue weighted by molar-refractivity contribution is 6.03. The minimum Gasteiger partial charge on any atom is -0.489 e. The predicted molar refractivity (Wildman–Crippen MR) is 129 cm³/mol. The molecular weight excluding hydrogens is 430 g/mol. The molecule has 0 aliphatic carbocycles. The quantitative estimate of drug-likeness (QED) is 0.363. The SMILES string of the molecule is Nc1c(-c2nc(C(=O)Nc3ccc(OCc4ccccc4)cc3)co2)cnn1-c1ccccc1. The Morgan fingerprint density at radius 2 is 1.68 bits per heavy atom. The van der Waals surface area contributed by atoms with E-state index in [1.54, 1.807) is 35.1 Å². The summed E-state index contributed by atoms with van der Waals surface area (Å²) in [5.74, 6) is 0.888. The average Bonchev–Trinajstić information content (AvgIpc) is 3.52. The largest absolute Gasteiger partial charge is 0.489 e. The normalized spacial score (nSPS) is 10.7. The molecule has 0 aliphatic rings. The van der Waals surface area contributed by atoms with E-state index in [0.29, 0.717) is 29.4 Å². The standard InChI is InChI=1S/C26H21N5O3/c27-24-22(15-28-31(24)20-9-5-2-6-10-20)26-30-23(17-34-26)25(32)29-19-11-13-21(14-12-19)33-16-18-7-3-1-4-8-18/h1-15,17H,16,27H2,(H,29,32). The second-order valence-electron chi connectivity index (χ2n) is 7.48. The van der Waals surface area contributed by atoms with Gasteiger partial charge in [0.2, 0.25) is 5.89 Å². The summed E-state index contributed by atoms with van der Waals surface area (Å²) in [7, 11) is 0. The summed E-state index contributed by atoms with van der Waals surface area (Å²) in [5, 5.41) is 7.11. The minimum atomic E-state index is -0.401. The molecule has 0 saturated heterocycles. The molecule has 0 unspecified atom stereocenters. The first-order valence-corrected chi connectivity index (χ1v) is 10.6. The molecular formula is C26H21N5O3. The molecule has 2 aromatic heterocycles. The predicted octanol–water partition coefficient (Wildman–Crippen LogP) is 4.94. The molecule has 0 fully saturated rings. The Kier molecular flexibility index (Phi) is 5.77. The van der Waals surface area contributed by atoms with E-state index in [1.165, 1.54) is 6.26 Å². The molecule has 8 nitrogen and oxygen atoms in total. The summed E-state index contributed by atoms with van der Waals surface area (Å²) in [6, 6.07) is 26.5. The van der Waals surface area contributed by atoms with Gasteiger partial charge >= 0.3 is 0 Å². The molecule has 1 amide bonds. The van der Waals surface area contributed by atoms with Crippen LogP contribution in [0.25, 0.3) is 17.1 Å². The average molecular weight is 451 g/mol. The number of nitrogen functional groups attached to an aromatic ring is 1. The third-order valence-corrected chi connectivity index (χ3v) is 5.13. The molecule has 0 radical (unpaired) electrons. The van der Waals surface area contributed by atoms with Crippen LogP contribution in [0.1, 0.15) is 16.1 Å². The number of nitrogens with one attached hydrogen (secondary N) is 1. The summed E-state index contributed by atoms with van der Waals surface area (Å²) >= 11 is 0. The van der Waals surface area contributed by atoms with E-state index < -0.39 is 5.91 Å². The monoisotopic (exact) mass is 451 g/mol. The second kappa shape index (κ2) is 9.33. The maximum absolute atomic E-state index is 12.6. The van der Waals surface area contributed by atoms with Gasteiger partial charge in [-0.3, -0.25) is 4.79 Å². The van der Waals surface area contributed by atoms with Crippen LogP contribution < -0.4 is 15.8 Å². The molecule has 0 aliphatic heterocycles. The fourth-order valence-corrected chi connectivity index (χ4v) is 3.37. The van der Waals surface area contributed by atoms with E-state index in [4.69, 9.17) is 14.9 Å². The van der Waals surface area contributed by atoms with Crippen LogP contribution in [-0.4, -0.2) is 20.7 Å². The molecule has 8 heteroatoms. The van der Waals surface area contributed by atoms with Gasteiger partial charge in [-0.1, -0.05) is 48.5 Å². The lowest BCUT2D eigenvalue weighted by Crippen LogP contribution is -2.12. The van der Waals surface area contributed by atoms with Gasteiger partial charge in [-0.05, 0) is 42.0 Å². The van der Waals surface area contributed by atoms with Crippen LogP contribution in [0.4, 0.5) is 11.5 Å². The Bertz CT molecular complexity index is 1390. The topological polar surface area (TPSA) is 108 Å². The maximum atomic E-state index is 12.6. The van der Waals surface area contributed by atoms with Gasteiger partial charge in [0.25, 0.3) is 5.91 Å². The highest BCUT2D eigenvalue weighted by Crippen LogP contribution is 2.27. The number of oxazole rings is 1. The van der Waals surface area contributed by atoms with Gasteiger partial charge < -0.3 is 20.2 Å². The number of ether oxygens (including phenoxy) is 1. The van der Waals surface area contributed by atoms with E-state index in [2.05, 4.69) is 15.4 Å². The number of nitrogens with two attached hydrogens (primary N) is 1. The third kappa shape index (κ3) is 4.51. The number of rotatable bonds is 7. The van der Waals surface area contributed by atoms with Crippen LogP contribution in [0.15, 0.2) is 102 Å². The van der Waals surface area contributed by atoms with Crippen LogP contribution in [0.3, 0.4) is 0 Å². The van der Waals surface area contributed by atoms with Gasteiger partial charge in [0.1, 0.15) is 24.4 Å². The maximum Gasteiger partial charge on any atom is 0.277 e. The van der Waals surface area contributed by atoms with Gasteiger partial charge in [0.05, 0.1) is 17.4 Å². The van der Waals surface area contributed by atoms with Crippen molar-refractivity contribution in [2.75, 3.05) is 11.1 Å². The highest BCUT2D eigenvalue weighted by Gasteiger charge is 2.18. The summed E-state index contributed by atoms with van der Waals surface area (Å²) in [6.07, 6.45) is 2.85. The highest BCUT2D eigenvalue weighted by atomic mass is 16.5. The molecule has 168 valence electrons. The van der Waals surface area contributed by atoms with Gasteiger partial charge in [-0.2, -0.15) is 5.10 Å². The molecule has 34 heavy (non-hydrogen) atoms. The van der Waals surface area contributed by atoms with Crippen molar-refractivity contribution in [3.8, 4) is 22.9 Å². The van der Waals surface area contributed by atoms with Gasteiger partial charge in [0.15, 0.2) is 5.69 Å². The van der Waals surface area contributed by atoms with E-state index in [-0.39, 0.29) is 11.6 Å². The van der Waals surface area contributed by atoms with E-state index in [9.17, 15) is 4.79 Å². The number of anilines is 2. The molecule has 3 N–H and O–H groups in total. The van der Waals surface area contributed by atoms with Gasteiger partial charge in [-0.15, -0.1) is 0 Å². The number of carbonyl (C=O) groups is 1. The van der Waals surface area contributed by atoms with Gasteiger partial charge in [0, 0.05) is 5.69 Å². The van der Waals surface area contributed by atoms with Crippen LogP contribution in [-0.2, 0) is 6.61 Å². The number of hydrogen-bond acceptors (Lipinski definition) is 6. The number of benzene rings is 3.